The Morgan fingerprint density at radius 1 is 1.40 bits per heavy atom. The Hall–Kier alpha value is -1.05. The Bertz CT molecular complexity index is 199. The molecule has 0 spiro atoms. The van der Waals surface area contributed by atoms with Gasteiger partial charge in [0.25, 0.3) is 0 Å². The van der Waals surface area contributed by atoms with Gasteiger partial charge in [0.05, 0.1) is 6.54 Å². The molecule has 0 atom stereocenters. The average molecular weight is 133 g/mol. The highest BCUT2D eigenvalue weighted by atomic mass is 15.0. The van der Waals surface area contributed by atoms with Crippen molar-refractivity contribution in [3.63, 3.8) is 0 Å². The molecule has 0 bridgehead atoms. The molecular weight excluding hydrogens is 124 g/mol. The van der Waals surface area contributed by atoms with Gasteiger partial charge in [0, 0.05) is 5.70 Å². The Kier molecular flexibility index (Phi) is 1.31. The third kappa shape index (κ3) is 0.856. The maximum atomic E-state index is 4.19. The van der Waals surface area contributed by atoms with E-state index in [0.717, 1.165) is 19.4 Å². The minimum absolute atomic E-state index is 0.829. The summed E-state index contributed by atoms with van der Waals surface area (Å²) in [5.74, 6) is 0. The molecule has 51 valence electrons. The van der Waals surface area contributed by atoms with E-state index in [1.807, 2.05) is 0 Å². The zero-order valence-electron chi connectivity index (χ0n) is 5.75. The van der Waals surface area contributed by atoms with Gasteiger partial charge < -0.3 is 0 Å². The number of hydrogen-bond donors (Lipinski definition) is 0. The van der Waals surface area contributed by atoms with Crippen molar-refractivity contribution in [3.8, 4) is 0 Å². The van der Waals surface area contributed by atoms with Crippen molar-refractivity contribution in [3.05, 3.63) is 23.4 Å². The molecule has 0 fully saturated rings. The maximum absolute atomic E-state index is 4.19. The summed E-state index contributed by atoms with van der Waals surface area (Å²) in [5, 5.41) is 4.06. The van der Waals surface area contributed by atoms with E-state index in [1.165, 1.54) is 11.3 Å². The molecule has 1 heterocycles. The second-order valence-electron chi connectivity index (χ2n) is 2.50. The van der Waals surface area contributed by atoms with Crippen LogP contribution in [0.3, 0.4) is 0 Å². The summed E-state index contributed by atoms with van der Waals surface area (Å²) in [6, 6.07) is 0. The number of hydrogen-bond acceptors (Lipinski definition) is 1. The zero-order valence-corrected chi connectivity index (χ0v) is 5.75. The largest absolute Gasteiger partial charge is 0.269 e. The van der Waals surface area contributed by atoms with E-state index in [1.54, 1.807) is 6.34 Å². The van der Waals surface area contributed by atoms with Crippen molar-refractivity contribution in [2.75, 3.05) is 6.54 Å². The fraction of sp³-hybridized carbons (Fsp3) is 0.375. The molecule has 1 aliphatic heterocycles. The van der Waals surface area contributed by atoms with Crippen LogP contribution in [0.4, 0.5) is 0 Å². The minimum Gasteiger partial charge on any atom is -0.269 e. The average Bonchev–Trinajstić information content (AvgIpc) is 2.05. The molecule has 0 amide bonds. The molecule has 10 heavy (non-hydrogen) atoms. The van der Waals surface area contributed by atoms with Crippen LogP contribution >= 0.6 is 0 Å². The summed E-state index contributed by atoms with van der Waals surface area (Å²) < 4.78 is 0. The molecule has 0 aromatic rings. The van der Waals surface area contributed by atoms with E-state index in [0.29, 0.717) is 0 Å². The number of allylic oxidation sites excluding steroid dienone is 2. The van der Waals surface area contributed by atoms with Crippen LogP contribution in [0.1, 0.15) is 12.8 Å². The van der Waals surface area contributed by atoms with Crippen LogP contribution in [0.5, 0.6) is 0 Å². The van der Waals surface area contributed by atoms with Gasteiger partial charge in [-0.15, -0.1) is 0 Å². The summed E-state index contributed by atoms with van der Waals surface area (Å²) in [7, 11) is 0. The van der Waals surface area contributed by atoms with Crippen molar-refractivity contribution in [1.82, 2.24) is 5.32 Å². The molecule has 0 saturated heterocycles. The van der Waals surface area contributed by atoms with Crippen LogP contribution in [-0.4, -0.2) is 12.9 Å². The summed E-state index contributed by atoms with van der Waals surface area (Å²) in [6.45, 7) is 0.829. The minimum atomic E-state index is 0.829. The molecule has 0 aromatic carbocycles. The number of nitrogens with zero attached hydrogens (tertiary/aromatic N) is 2. The maximum Gasteiger partial charge on any atom is 0.110 e. The summed E-state index contributed by atoms with van der Waals surface area (Å²) in [6.07, 6.45) is 8.22. The third-order valence-electron chi connectivity index (χ3n) is 1.79. The van der Waals surface area contributed by atoms with Crippen molar-refractivity contribution < 1.29 is 0 Å². The van der Waals surface area contributed by atoms with E-state index in [9.17, 15) is 0 Å². The van der Waals surface area contributed by atoms with Gasteiger partial charge in [-0.1, -0.05) is 12.2 Å². The van der Waals surface area contributed by atoms with Gasteiger partial charge in [-0.25, -0.2) is 4.99 Å². The molecule has 2 heteroatoms. The monoisotopic (exact) mass is 133 g/mol. The topological polar surface area (TPSA) is 26.5 Å². The Morgan fingerprint density at radius 3 is 3.30 bits per heavy atom. The first kappa shape index (κ1) is 5.71. The molecule has 0 unspecified atom stereocenters. The predicted octanol–water partition coefficient (Wildman–Crippen LogP) is 1.24. The molecule has 1 aliphatic carbocycles. The summed E-state index contributed by atoms with van der Waals surface area (Å²) in [4.78, 5) is 4.19. The molecule has 0 aromatic heterocycles. The molecule has 2 nitrogen and oxygen atoms in total. The first-order chi connectivity index (χ1) is 4.97. The van der Waals surface area contributed by atoms with Crippen LogP contribution in [0.25, 0.3) is 0 Å². The van der Waals surface area contributed by atoms with Crippen molar-refractivity contribution in [2.24, 2.45) is 4.99 Å². The molecule has 0 saturated carbocycles. The highest BCUT2D eigenvalue weighted by molar-refractivity contribution is 5.60. The lowest BCUT2D eigenvalue weighted by Crippen LogP contribution is -2.13. The molecule has 2 aliphatic rings. The number of rotatable bonds is 0. The SMILES string of the molecule is C1=CC2=C(CC1)N=C[N]C2. The Morgan fingerprint density at radius 2 is 2.40 bits per heavy atom. The van der Waals surface area contributed by atoms with E-state index >= 15 is 0 Å². The van der Waals surface area contributed by atoms with Gasteiger partial charge in [-0.05, 0) is 18.4 Å². The van der Waals surface area contributed by atoms with Crippen LogP contribution in [-0.2, 0) is 0 Å². The molecular formula is C8H9N2. The van der Waals surface area contributed by atoms with Gasteiger partial charge in [0.1, 0.15) is 6.34 Å². The van der Waals surface area contributed by atoms with E-state index in [4.69, 9.17) is 0 Å². The van der Waals surface area contributed by atoms with Crippen LogP contribution in [0.15, 0.2) is 28.4 Å². The highest BCUT2D eigenvalue weighted by Crippen LogP contribution is 2.20. The third-order valence-corrected chi connectivity index (χ3v) is 1.79. The Balaban J connectivity index is 2.32. The first-order valence-electron chi connectivity index (χ1n) is 3.54. The van der Waals surface area contributed by atoms with Crippen LogP contribution < -0.4 is 5.32 Å². The lowest BCUT2D eigenvalue weighted by atomic mass is 10.0. The van der Waals surface area contributed by atoms with Crippen molar-refractivity contribution in [2.45, 2.75) is 12.8 Å². The standard InChI is InChI=1S/C8H9N2/c1-2-4-8-7(3-1)5-9-6-10-8/h1,3,6H,2,4-5H2. The summed E-state index contributed by atoms with van der Waals surface area (Å²) in [5.41, 5.74) is 2.53. The molecule has 1 radical (unpaired) electrons. The van der Waals surface area contributed by atoms with Crippen molar-refractivity contribution in [1.29, 1.82) is 0 Å². The zero-order chi connectivity index (χ0) is 6.81. The first-order valence-corrected chi connectivity index (χ1v) is 3.54. The second kappa shape index (κ2) is 2.29. The predicted molar refractivity (Wildman–Crippen MR) is 40.9 cm³/mol. The fourth-order valence-corrected chi connectivity index (χ4v) is 1.24. The molecule has 0 N–H and O–H groups in total. The lowest BCUT2D eigenvalue weighted by molar-refractivity contribution is 0.855. The van der Waals surface area contributed by atoms with Crippen molar-refractivity contribution >= 4 is 6.34 Å². The normalized spacial score (nSPS) is 22.4. The van der Waals surface area contributed by atoms with Gasteiger partial charge in [-0.3, -0.25) is 5.32 Å². The van der Waals surface area contributed by atoms with Gasteiger partial charge in [-0.2, -0.15) is 0 Å². The van der Waals surface area contributed by atoms with E-state index < -0.39 is 0 Å². The fourth-order valence-electron chi connectivity index (χ4n) is 1.24. The number of aliphatic imine (C=N–C) groups is 1. The van der Waals surface area contributed by atoms with Gasteiger partial charge >= 0.3 is 0 Å². The van der Waals surface area contributed by atoms with Gasteiger partial charge in [0.15, 0.2) is 0 Å². The summed E-state index contributed by atoms with van der Waals surface area (Å²) >= 11 is 0. The van der Waals surface area contributed by atoms with Crippen LogP contribution in [0.2, 0.25) is 0 Å². The van der Waals surface area contributed by atoms with Crippen LogP contribution in [0, 0.1) is 0 Å². The second-order valence-corrected chi connectivity index (χ2v) is 2.50. The highest BCUT2D eigenvalue weighted by Gasteiger charge is 2.09. The smallest absolute Gasteiger partial charge is 0.110 e. The van der Waals surface area contributed by atoms with E-state index in [2.05, 4.69) is 22.5 Å². The van der Waals surface area contributed by atoms with E-state index in [-0.39, 0.29) is 0 Å². The lowest BCUT2D eigenvalue weighted by Gasteiger charge is -2.14. The quantitative estimate of drug-likeness (QED) is 0.475. The van der Waals surface area contributed by atoms with Gasteiger partial charge in [0.2, 0.25) is 0 Å². The molecule has 2 rings (SSSR count). The Labute approximate surface area is 60.3 Å².